The molecule has 0 unspecified atom stereocenters. The Balaban J connectivity index is 2.04. The maximum Gasteiger partial charge on any atom is 0.101 e. The minimum Gasteiger partial charge on any atom is -0.353 e. The van der Waals surface area contributed by atoms with Crippen LogP contribution in [0.15, 0.2) is 60.7 Å². The van der Waals surface area contributed by atoms with E-state index in [4.69, 9.17) is 0 Å². The van der Waals surface area contributed by atoms with Crippen molar-refractivity contribution in [3.05, 3.63) is 82.9 Å². The molecule has 0 aliphatic rings. The lowest BCUT2D eigenvalue weighted by atomic mass is 10.1. The number of nitriles is 4. The van der Waals surface area contributed by atoms with Gasteiger partial charge in [-0.3, -0.25) is 0 Å². The first-order valence-electron chi connectivity index (χ1n) is 8.20. The molecule has 2 N–H and O–H groups in total. The number of anilines is 4. The highest BCUT2D eigenvalue weighted by Crippen LogP contribution is 2.31. The number of hydrogen-bond acceptors (Lipinski definition) is 6. The summed E-state index contributed by atoms with van der Waals surface area (Å²) in [5.41, 5.74) is 3.36. The number of para-hydroxylation sites is 2. The van der Waals surface area contributed by atoms with Gasteiger partial charge in [-0.25, -0.2) is 0 Å². The molecular formula is C22H12N6. The van der Waals surface area contributed by atoms with Crippen molar-refractivity contribution >= 4 is 22.7 Å². The maximum atomic E-state index is 9.56. The fourth-order valence-corrected chi connectivity index (χ4v) is 2.66. The van der Waals surface area contributed by atoms with E-state index in [2.05, 4.69) is 34.9 Å². The molecule has 6 heteroatoms. The van der Waals surface area contributed by atoms with Crippen LogP contribution in [-0.4, -0.2) is 0 Å². The van der Waals surface area contributed by atoms with Crippen molar-refractivity contribution in [1.29, 1.82) is 21.0 Å². The molecule has 0 saturated carbocycles. The summed E-state index contributed by atoms with van der Waals surface area (Å²) in [5.74, 6) is 0. The highest BCUT2D eigenvalue weighted by Gasteiger charge is 2.13. The first kappa shape index (κ1) is 18.0. The molecule has 0 heterocycles. The third-order valence-corrected chi connectivity index (χ3v) is 4.03. The maximum absolute atomic E-state index is 9.56. The molecule has 3 aromatic carbocycles. The number of benzene rings is 3. The summed E-state index contributed by atoms with van der Waals surface area (Å²) in [4.78, 5) is 0. The van der Waals surface area contributed by atoms with E-state index in [0.29, 0.717) is 45.0 Å². The van der Waals surface area contributed by atoms with Crippen molar-refractivity contribution in [2.75, 3.05) is 10.6 Å². The van der Waals surface area contributed by atoms with Crippen molar-refractivity contribution in [3.63, 3.8) is 0 Å². The molecule has 0 aromatic heterocycles. The van der Waals surface area contributed by atoms with Crippen LogP contribution < -0.4 is 10.6 Å². The predicted molar refractivity (Wildman–Crippen MR) is 105 cm³/mol. The standard InChI is InChI=1S/C22H12N6/c23-11-15-5-1-3-7-19(15)27-21-9-18(14-26)22(10-17(21)13-25)28-20-8-4-2-6-16(20)12-24/h1-10,27-28H. The third kappa shape index (κ3) is 3.58. The van der Waals surface area contributed by atoms with E-state index < -0.39 is 0 Å². The van der Waals surface area contributed by atoms with Crippen LogP contribution in [-0.2, 0) is 0 Å². The number of hydrogen-bond donors (Lipinski definition) is 2. The molecular weight excluding hydrogens is 348 g/mol. The zero-order valence-corrected chi connectivity index (χ0v) is 14.6. The molecule has 0 aliphatic heterocycles. The Morgan fingerprint density at radius 1 is 0.464 bits per heavy atom. The second-order valence-corrected chi connectivity index (χ2v) is 5.73. The van der Waals surface area contributed by atoms with Crippen molar-refractivity contribution in [2.45, 2.75) is 0 Å². The van der Waals surface area contributed by atoms with Crippen molar-refractivity contribution < 1.29 is 0 Å². The summed E-state index contributed by atoms with van der Waals surface area (Å²) in [6, 6.07) is 25.3. The Kier molecular flexibility index (Phi) is 5.19. The molecule has 0 fully saturated rings. The molecule has 0 bridgehead atoms. The zero-order valence-electron chi connectivity index (χ0n) is 14.6. The normalized spacial score (nSPS) is 9.29. The van der Waals surface area contributed by atoms with Gasteiger partial charge in [0.05, 0.1) is 45.0 Å². The summed E-state index contributed by atoms with van der Waals surface area (Å²) in [5, 5.41) is 43.7. The van der Waals surface area contributed by atoms with Crippen LogP contribution in [0.4, 0.5) is 22.7 Å². The molecule has 0 amide bonds. The minimum atomic E-state index is 0.295. The number of nitrogens with one attached hydrogen (secondary N) is 2. The van der Waals surface area contributed by atoms with E-state index in [1.54, 1.807) is 60.7 Å². The van der Waals surface area contributed by atoms with E-state index >= 15 is 0 Å². The van der Waals surface area contributed by atoms with Crippen molar-refractivity contribution in [1.82, 2.24) is 0 Å². The quantitative estimate of drug-likeness (QED) is 0.698. The van der Waals surface area contributed by atoms with Gasteiger partial charge in [0.25, 0.3) is 0 Å². The molecule has 28 heavy (non-hydrogen) atoms. The second-order valence-electron chi connectivity index (χ2n) is 5.73. The van der Waals surface area contributed by atoms with Crippen molar-refractivity contribution in [3.8, 4) is 24.3 Å². The average molecular weight is 360 g/mol. The molecule has 0 radical (unpaired) electrons. The first-order chi connectivity index (χ1) is 13.7. The molecule has 6 nitrogen and oxygen atoms in total. The highest BCUT2D eigenvalue weighted by molar-refractivity contribution is 5.79. The Morgan fingerprint density at radius 3 is 1.18 bits per heavy atom. The van der Waals surface area contributed by atoms with Gasteiger partial charge >= 0.3 is 0 Å². The van der Waals surface area contributed by atoms with Crippen molar-refractivity contribution in [2.24, 2.45) is 0 Å². The molecule has 0 spiro atoms. The van der Waals surface area contributed by atoms with E-state index in [9.17, 15) is 21.0 Å². The van der Waals surface area contributed by atoms with Gasteiger partial charge in [-0.15, -0.1) is 0 Å². The summed E-state index contributed by atoms with van der Waals surface area (Å²) in [7, 11) is 0. The summed E-state index contributed by atoms with van der Waals surface area (Å²) in [6.07, 6.45) is 0. The number of rotatable bonds is 4. The monoisotopic (exact) mass is 360 g/mol. The van der Waals surface area contributed by atoms with Crippen LogP contribution in [0, 0.1) is 45.3 Å². The fraction of sp³-hybridized carbons (Fsp3) is 0. The lowest BCUT2D eigenvalue weighted by Gasteiger charge is -2.14. The van der Waals surface area contributed by atoms with Gasteiger partial charge in [0.2, 0.25) is 0 Å². The van der Waals surface area contributed by atoms with Crippen LogP contribution in [0.25, 0.3) is 0 Å². The second kappa shape index (κ2) is 8.07. The smallest absolute Gasteiger partial charge is 0.101 e. The first-order valence-corrected chi connectivity index (χ1v) is 8.20. The van der Waals surface area contributed by atoms with Crippen LogP contribution in [0.5, 0.6) is 0 Å². The van der Waals surface area contributed by atoms with Crippen LogP contribution in [0.2, 0.25) is 0 Å². The minimum absolute atomic E-state index is 0.295. The zero-order chi connectivity index (χ0) is 19.9. The van der Waals surface area contributed by atoms with Gasteiger partial charge < -0.3 is 10.6 Å². The topological polar surface area (TPSA) is 119 Å². The third-order valence-electron chi connectivity index (χ3n) is 4.03. The lowest BCUT2D eigenvalue weighted by molar-refractivity contribution is 1.40. The van der Waals surface area contributed by atoms with Crippen LogP contribution in [0.3, 0.4) is 0 Å². The molecule has 130 valence electrons. The van der Waals surface area contributed by atoms with E-state index in [1.165, 1.54) is 0 Å². The number of nitrogens with zero attached hydrogens (tertiary/aromatic N) is 4. The summed E-state index contributed by atoms with van der Waals surface area (Å²) < 4.78 is 0. The largest absolute Gasteiger partial charge is 0.353 e. The van der Waals surface area contributed by atoms with Gasteiger partial charge in [-0.05, 0) is 36.4 Å². The van der Waals surface area contributed by atoms with E-state index in [-0.39, 0.29) is 0 Å². The highest BCUT2D eigenvalue weighted by atomic mass is 14.9. The Hall–Kier alpha value is -4.78. The molecule has 3 rings (SSSR count). The Labute approximate surface area is 162 Å². The van der Waals surface area contributed by atoms with Gasteiger partial charge in [0, 0.05) is 0 Å². The molecule has 0 aliphatic carbocycles. The molecule has 0 atom stereocenters. The van der Waals surface area contributed by atoms with Gasteiger partial charge in [0.1, 0.15) is 24.3 Å². The summed E-state index contributed by atoms with van der Waals surface area (Å²) in [6.45, 7) is 0. The van der Waals surface area contributed by atoms with Crippen LogP contribution in [0.1, 0.15) is 22.3 Å². The molecule has 0 saturated heterocycles. The van der Waals surface area contributed by atoms with Crippen LogP contribution >= 0.6 is 0 Å². The molecule has 3 aromatic rings. The SMILES string of the molecule is N#Cc1ccccc1Nc1cc(C#N)c(Nc2ccccc2C#N)cc1C#N. The fourth-order valence-electron chi connectivity index (χ4n) is 2.66. The van der Waals surface area contributed by atoms with E-state index in [0.717, 1.165) is 0 Å². The lowest BCUT2D eigenvalue weighted by Crippen LogP contribution is -2.01. The predicted octanol–water partition coefficient (Wildman–Crippen LogP) is 4.66. The van der Waals surface area contributed by atoms with Gasteiger partial charge in [-0.2, -0.15) is 21.0 Å². The van der Waals surface area contributed by atoms with Gasteiger partial charge in [-0.1, -0.05) is 24.3 Å². The Morgan fingerprint density at radius 2 is 0.821 bits per heavy atom. The Bertz CT molecular complexity index is 1120. The average Bonchev–Trinajstić information content (AvgIpc) is 2.75. The van der Waals surface area contributed by atoms with Gasteiger partial charge in [0.15, 0.2) is 0 Å². The van der Waals surface area contributed by atoms with E-state index in [1.807, 2.05) is 0 Å². The summed E-state index contributed by atoms with van der Waals surface area (Å²) >= 11 is 0.